The molecule has 33 heavy (non-hydrogen) atoms. The number of thiol groups is 1. The molecular weight excluding hydrogens is 464 g/mol. The van der Waals surface area contributed by atoms with E-state index in [1.54, 1.807) is 0 Å². The van der Waals surface area contributed by atoms with Crippen LogP contribution in [0.2, 0.25) is 0 Å². The number of rotatable bonds is 14. The average Bonchev–Trinajstić information content (AvgIpc) is 2.71. The van der Waals surface area contributed by atoms with Crippen LogP contribution < -0.4 is 0 Å². The molecule has 0 amide bonds. The number of esters is 4. The third-order valence-corrected chi connectivity index (χ3v) is 4.25. The molecule has 0 spiro atoms. The van der Waals surface area contributed by atoms with E-state index in [0.717, 1.165) is 20.8 Å². The van der Waals surface area contributed by atoms with Gasteiger partial charge in [0.25, 0.3) is 0 Å². The Hall–Kier alpha value is -1.93. The van der Waals surface area contributed by atoms with E-state index in [0.29, 0.717) is 25.6 Å². The lowest BCUT2D eigenvalue weighted by molar-refractivity contribution is -0.309. The molecule has 0 aromatic carbocycles. The summed E-state index contributed by atoms with van der Waals surface area (Å²) in [6, 6.07) is 0. The van der Waals surface area contributed by atoms with Crippen molar-refractivity contribution < 1.29 is 57.1 Å². The second-order valence-corrected chi connectivity index (χ2v) is 7.33. The lowest BCUT2D eigenvalue weighted by Gasteiger charge is -2.44. The van der Waals surface area contributed by atoms with Gasteiger partial charge in [0, 0.05) is 33.4 Å². The zero-order valence-electron chi connectivity index (χ0n) is 19.2. The summed E-state index contributed by atoms with van der Waals surface area (Å²) in [4.78, 5) is 46.5. The molecule has 0 bridgehead atoms. The molecule has 0 aliphatic carbocycles. The quantitative estimate of drug-likeness (QED) is 0.150. The Morgan fingerprint density at radius 3 is 1.76 bits per heavy atom. The maximum Gasteiger partial charge on any atom is 0.303 e. The molecule has 190 valence electrons. The van der Waals surface area contributed by atoms with Gasteiger partial charge in [0.15, 0.2) is 24.6 Å². The summed E-state index contributed by atoms with van der Waals surface area (Å²) in [5.41, 5.74) is 0. The van der Waals surface area contributed by atoms with Crippen molar-refractivity contribution in [2.75, 3.05) is 45.4 Å². The fraction of sp³-hybridized carbons (Fsp3) is 0.800. The van der Waals surface area contributed by atoms with Gasteiger partial charge >= 0.3 is 23.9 Å². The molecule has 1 aliphatic heterocycles. The largest absolute Gasteiger partial charge is 0.463 e. The third kappa shape index (κ3) is 11.7. The van der Waals surface area contributed by atoms with E-state index in [-0.39, 0.29) is 19.8 Å². The van der Waals surface area contributed by atoms with Crippen LogP contribution in [0.25, 0.3) is 0 Å². The van der Waals surface area contributed by atoms with Gasteiger partial charge in [-0.1, -0.05) is 0 Å². The topological polar surface area (TPSA) is 142 Å². The van der Waals surface area contributed by atoms with Crippen LogP contribution in [-0.2, 0) is 57.1 Å². The van der Waals surface area contributed by atoms with Crippen LogP contribution in [0.3, 0.4) is 0 Å². The molecule has 0 radical (unpaired) electrons. The van der Waals surface area contributed by atoms with E-state index in [2.05, 4.69) is 12.6 Å². The average molecular weight is 497 g/mol. The van der Waals surface area contributed by atoms with E-state index in [9.17, 15) is 19.2 Å². The maximum atomic E-state index is 11.8. The fourth-order valence-corrected chi connectivity index (χ4v) is 3.06. The van der Waals surface area contributed by atoms with Crippen LogP contribution in [0.15, 0.2) is 0 Å². The summed E-state index contributed by atoms with van der Waals surface area (Å²) in [6.45, 7) is 5.74. The molecule has 1 saturated heterocycles. The number of hydrogen-bond acceptors (Lipinski definition) is 13. The van der Waals surface area contributed by atoms with Crippen LogP contribution >= 0.6 is 12.6 Å². The van der Waals surface area contributed by atoms with Crippen LogP contribution in [0.1, 0.15) is 27.7 Å². The first kappa shape index (κ1) is 29.1. The molecule has 1 heterocycles. The number of carbonyl (C=O) groups is 4. The molecule has 0 aromatic heterocycles. The molecule has 12 nitrogen and oxygen atoms in total. The molecule has 1 fully saturated rings. The lowest BCUT2D eigenvalue weighted by Crippen LogP contribution is -2.63. The van der Waals surface area contributed by atoms with Crippen molar-refractivity contribution in [3.8, 4) is 0 Å². The molecule has 0 saturated carbocycles. The van der Waals surface area contributed by atoms with Gasteiger partial charge in [0.05, 0.1) is 33.0 Å². The predicted molar refractivity (Wildman–Crippen MR) is 113 cm³/mol. The zero-order chi connectivity index (χ0) is 24.8. The van der Waals surface area contributed by atoms with E-state index in [1.165, 1.54) is 6.92 Å². The Bertz CT molecular complexity index is 643. The van der Waals surface area contributed by atoms with Crippen LogP contribution in [-0.4, -0.2) is 100.0 Å². The Morgan fingerprint density at radius 1 is 0.697 bits per heavy atom. The Morgan fingerprint density at radius 2 is 1.21 bits per heavy atom. The van der Waals surface area contributed by atoms with E-state index >= 15 is 0 Å². The first-order chi connectivity index (χ1) is 15.6. The van der Waals surface area contributed by atoms with Crippen molar-refractivity contribution >= 4 is 36.5 Å². The van der Waals surface area contributed by atoms with Gasteiger partial charge in [0.2, 0.25) is 0 Å². The normalized spacial score (nSPS) is 24.6. The number of hydrogen-bond donors (Lipinski definition) is 1. The maximum absolute atomic E-state index is 11.8. The molecule has 0 aromatic rings. The Labute approximate surface area is 197 Å². The number of carbonyl (C=O) groups excluding carboxylic acids is 4. The predicted octanol–water partition coefficient (Wildman–Crippen LogP) is 0.0491. The van der Waals surface area contributed by atoms with Gasteiger partial charge in [-0.3, -0.25) is 19.2 Å². The van der Waals surface area contributed by atoms with Crippen LogP contribution in [0, 0.1) is 0 Å². The summed E-state index contributed by atoms with van der Waals surface area (Å²) in [5.74, 6) is -2.12. The molecular formula is C20H32O12S. The van der Waals surface area contributed by atoms with Crippen molar-refractivity contribution in [1.29, 1.82) is 0 Å². The first-order valence-corrected chi connectivity index (χ1v) is 11.0. The van der Waals surface area contributed by atoms with Crippen molar-refractivity contribution in [1.82, 2.24) is 0 Å². The molecule has 0 N–H and O–H groups in total. The van der Waals surface area contributed by atoms with Crippen molar-refractivity contribution in [2.24, 2.45) is 0 Å². The van der Waals surface area contributed by atoms with Gasteiger partial charge in [-0.25, -0.2) is 0 Å². The second kappa shape index (κ2) is 15.8. The van der Waals surface area contributed by atoms with Crippen molar-refractivity contribution in [2.45, 2.75) is 58.4 Å². The van der Waals surface area contributed by atoms with Crippen LogP contribution in [0.5, 0.6) is 0 Å². The molecule has 1 aliphatic rings. The molecule has 5 unspecified atom stereocenters. The van der Waals surface area contributed by atoms with Gasteiger partial charge in [-0.15, -0.1) is 0 Å². The van der Waals surface area contributed by atoms with E-state index < -0.39 is 54.6 Å². The summed E-state index contributed by atoms with van der Waals surface area (Å²) in [6.07, 6.45) is -6.05. The van der Waals surface area contributed by atoms with Gasteiger partial charge in [-0.05, 0) is 0 Å². The smallest absolute Gasteiger partial charge is 0.303 e. The fourth-order valence-electron chi connectivity index (χ4n) is 2.93. The first-order valence-electron chi connectivity index (χ1n) is 10.3. The minimum atomic E-state index is -1.27. The highest BCUT2D eigenvalue weighted by molar-refractivity contribution is 7.80. The lowest BCUT2D eigenvalue weighted by atomic mass is 9.98. The standard InChI is InChI=1S/C20H32O12S/c1-12(21)28-11-16-17(29-13(2)22)18(30-14(3)23)19(31-15(4)24)20(32-16)27-8-7-25-5-6-26-9-10-33/h16-20,33H,5-11H2,1-4H3. The Kier molecular flexibility index (Phi) is 14.0. The van der Waals surface area contributed by atoms with Crippen molar-refractivity contribution in [3.05, 3.63) is 0 Å². The second-order valence-electron chi connectivity index (χ2n) is 6.89. The summed E-state index contributed by atoms with van der Waals surface area (Å²) < 4.78 is 43.0. The minimum absolute atomic E-state index is 0.0281. The zero-order valence-corrected chi connectivity index (χ0v) is 20.1. The molecule has 1 rings (SSSR count). The summed E-state index contributed by atoms with van der Waals surface area (Å²) >= 11 is 4.03. The van der Waals surface area contributed by atoms with Crippen LogP contribution in [0.4, 0.5) is 0 Å². The highest BCUT2D eigenvalue weighted by Crippen LogP contribution is 2.29. The minimum Gasteiger partial charge on any atom is -0.463 e. The molecule has 5 atom stereocenters. The van der Waals surface area contributed by atoms with Gasteiger partial charge < -0.3 is 37.9 Å². The van der Waals surface area contributed by atoms with E-state index in [4.69, 9.17) is 37.9 Å². The van der Waals surface area contributed by atoms with E-state index in [1.807, 2.05) is 0 Å². The van der Waals surface area contributed by atoms with Gasteiger partial charge in [0.1, 0.15) is 12.7 Å². The third-order valence-electron chi connectivity index (χ3n) is 4.07. The molecule has 13 heteroatoms. The van der Waals surface area contributed by atoms with Crippen molar-refractivity contribution in [3.63, 3.8) is 0 Å². The highest BCUT2D eigenvalue weighted by atomic mass is 32.1. The monoisotopic (exact) mass is 496 g/mol. The Balaban J connectivity index is 2.95. The number of ether oxygens (including phenoxy) is 8. The summed E-state index contributed by atoms with van der Waals surface area (Å²) in [5, 5.41) is 0. The highest BCUT2D eigenvalue weighted by Gasteiger charge is 2.52. The summed E-state index contributed by atoms with van der Waals surface area (Å²) in [7, 11) is 0. The van der Waals surface area contributed by atoms with Gasteiger partial charge in [-0.2, -0.15) is 12.6 Å². The SMILES string of the molecule is CC(=O)OCC1OC(OCCOCCOCCS)C(OC(C)=O)C(OC(C)=O)C1OC(C)=O.